The summed E-state index contributed by atoms with van der Waals surface area (Å²) in [5.41, 5.74) is 0. The van der Waals surface area contributed by atoms with E-state index in [9.17, 15) is 0 Å². The van der Waals surface area contributed by atoms with Crippen molar-refractivity contribution in [2.45, 2.75) is 46.0 Å². The molecule has 0 atom stereocenters. The first-order valence-corrected chi connectivity index (χ1v) is 5.68. The molecule has 78 valence electrons. The van der Waals surface area contributed by atoms with Crippen LogP contribution >= 0.6 is 0 Å². The highest BCUT2D eigenvalue weighted by molar-refractivity contribution is 4.72. The zero-order valence-corrected chi connectivity index (χ0v) is 9.39. The van der Waals surface area contributed by atoms with E-state index in [0.29, 0.717) is 0 Å². The molecule has 0 aromatic carbocycles. The Balaban J connectivity index is 3.22. The second-order valence-electron chi connectivity index (χ2n) is 3.60. The Morgan fingerprint density at radius 3 is 2.31 bits per heavy atom. The van der Waals surface area contributed by atoms with Gasteiger partial charge in [0.25, 0.3) is 0 Å². The molecule has 0 unspecified atom stereocenters. The fourth-order valence-corrected chi connectivity index (χ4v) is 1.50. The summed E-state index contributed by atoms with van der Waals surface area (Å²) in [5, 5.41) is 0. The lowest BCUT2D eigenvalue weighted by molar-refractivity contribution is 0.309. The van der Waals surface area contributed by atoms with Gasteiger partial charge in [-0.3, -0.25) is 4.90 Å². The summed E-state index contributed by atoms with van der Waals surface area (Å²) in [7, 11) is 0. The Hall–Kier alpha value is -0.300. The number of rotatable bonds is 9. The zero-order chi connectivity index (χ0) is 9.94. The molecule has 0 aliphatic carbocycles. The summed E-state index contributed by atoms with van der Waals surface area (Å²) in [6.07, 6.45) is 8.87. The van der Waals surface area contributed by atoms with E-state index in [1.165, 1.54) is 38.6 Å². The predicted molar refractivity (Wildman–Crippen MR) is 61.1 cm³/mol. The maximum Gasteiger partial charge on any atom is 0.0160 e. The van der Waals surface area contributed by atoms with Gasteiger partial charge in [-0.15, -0.1) is 6.58 Å². The van der Waals surface area contributed by atoms with Gasteiger partial charge in [0.2, 0.25) is 0 Å². The van der Waals surface area contributed by atoms with Crippen LogP contribution in [0.5, 0.6) is 0 Å². The van der Waals surface area contributed by atoms with E-state index >= 15 is 0 Å². The van der Waals surface area contributed by atoms with Gasteiger partial charge in [-0.1, -0.05) is 45.6 Å². The number of nitrogens with zero attached hydrogens (tertiary/aromatic N) is 1. The predicted octanol–water partition coefficient (Wildman–Crippen LogP) is 3.46. The van der Waals surface area contributed by atoms with Crippen molar-refractivity contribution in [2.24, 2.45) is 0 Å². The molecule has 0 bridgehead atoms. The molecule has 0 heterocycles. The van der Waals surface area contributed by atoms with Crippen molar-refractivity contribution in [3.63, 3.8) is 0 Å². The Kier molecular flexibility index (Phi) is 9.56. The van der Waals surface area contributed by atoms with Crippen molar-refractivity contribution in [1.82, 2.24) is 4.90 Å². The standard InChI is InChI=1S/C12H25N/c1-4-7-8-9-10-12-13(6-3)11-5-2/h5H,2,4,6-12H2,1,3H3. The van der Waals surface area contributed by atoms with Gasteiger partial charge in [-0.2, -0.15) is 0 Å². The molecule has 0 N–H and O–H groups in total. The lowest BCUT2D eigenvalue weighted by atomic mass is 10.1. The Morgan fingerprint density at radius 2 is 1.77 bits per heavy atom. The minimum absolute atomic E-state index is 1.05. The molecule has 0 saturated heterocycles. The fourth-order valence-electron chi connectivity index (χ4n) is 1.50. The highest BCUT2D eigenvalue weighted by Gasteiger charge is 1.98. The number of unbranched alkanes of at least 4 members (excludes halogenated alkanes) is 4. The van der Waals surface area contributed by atoms with Gasteiger partial charge < -0.3 is 0 Å². The third-order valence-corrected chi connectivity index (χ3v) is 2.41. The van der Waals surface area contributed by atoms with Crippen LogP contribution in [-0.2, 0) is 0 Å². The highest BCUT2D eigenvalue weighted by Crippen LogP contribution is 2.03. The molecule has 0 aliphatic rings. The Morgan fingerprint density at radius 1 is 1.08 bits per heavy atom. The van der Waals surface area contributed by atoms with Crippen LogP contribution in [0.2, 0.25) is 0 Å². The van der Waals surface area contributed by atoms with Crippen LogP contribution in [-0.4, -0.2) is 24.5 Å². The monoisotopic (exact) mass is 183 g/mol. The Labute approximate surface area is 83.8 Å². The Bertz CT molecular complexity index is 110. The molecule has 0 fully saturated rings. The average molecular weight is 183 g/mol. The first-order valence-electron chi connectivity index (χ1n) is 5.68. The third-order valence-electron chi connectivity index (χ3n) is 2.41. The molecule has 0 aliphatic heterocycles. The summed E-state index contributed by atoms with van der Waals surface area (Å²) in [5.74, 6) is 0. The lowest BCUT2D eigenvalue weighted by Crippen LogP contribution is -2.24. The SMILES string of the molecule is C=CCN(CC)CCCCCCC. The molecule has 0 amide bonds. The van der Waals surface area contributed by atoms with Crippen LogP contribution in [0.1, 0.15) is 46.0 Å². The molecule has 0 aromatic rings. The summed E-state index contributed by atoms with van der Waals surface area (Å²) in [6.45, 7) is 11.7. The van der Waals surface area contributed by atoms with Gasteiger partial charge in [-0.25, -0.2) is 0 Å². The molecule has 1 nitrogen and oxygen atoms in total. The summed E-state index contributed by atoms with van der Waals surface area (Å²) in [6, 6.07) is 0. The van der Waals surface area contributed by atoms with E-state index in [4.69, 9.17) is 0 Å². The van der Waals surface area contributed by atoms with Crippen molar-refractivity contribution in [3.8, 4) is 0 Å². The summed E-state index contributed by atoms with van der Waals surface area (Å²) < 4.78 is 0. The number of hydrogen-bond acceptors (Lipinski definition) is 1. The van der Waals surface area contributed by atoms with Gasteiger partial charge in [0, 0.05) is 6.54 Å². The summed E-state index contributed by atoms with van der Waals surface area (Å²) >= 11 is 0. The van der Waals surface area contributed by atoms with Crippen LogP contribution in [0.4, 0.5) is 0 Å². The van der Waals surface area contributed by atoms with Crippen molar-refractivity contribution < 1.29 is 0 Å². The van der Waals surface area contributed by atoms with Crippen LogP contribution in [0.15, 0.2) is 12.7 Å². The van der Waals surface area contributed by atoms with E-state index in [1.807, 2.05) is 6.08 Å². The molecule has 0 spiro atoms. The molecular weight excluding hydrogens is 158 g/mol. The second-order valence-corrected chi connectivity index (χ2v) is 3.60. The van der Waals surface area contributed by atoms with Crippen LogP contribution in [0.25, 0.3) is 0 Å². The van der Waals surface area contributed by atoms with Crippen LogP contribution in [0.3, 0.4) is 0 Å². The van der Waals surface area contributed by atoms with Gasteiger partial charge in [0.1, 0.15) is 0 Å². The quantitative estimate of drug-likeness (QED) is 0.391. The smallest absolute Gasteiger partial charge is 0.0160 e. The molecule has 0 radical (unpaired) electrons. The van der Waals surface area contributed by atoms with E-state index in [1.54, 1.807) is 0 Å². The summed E-state index contributed by atoms with van der Waals surface area (Å²) in [4.78, 5) is 2.44. The number of hydrogen-bond donors (Lipinski definition) is 0. The molecule has 13 heavy (non-hydrogen) atoms. The van der Waals surface area contributed by atoms with Crippen LogP contribution < -0.4 is 0 Å². The molecule has 0 saturated carbocycles. The second kappa shape index (κ2) is 9.79. The third kappa shape index (κ3) is 8.04. The molecular formula is C12H25N. The van der Waals surface area contributed by atoms with Crippen LogP contribution in [0, 0.1) is 0 Å². The van der Waals surface area contributed by atoms with Gasteiger partial charge >= 0.3 is 0 Å². The van der Waals surface area contributed by atoms with E-state index in [0.717, 1.165) is 13.1 Å². The minimum atomic E-state index is 1.05. The van der Waals surface area contributed by atoms with Gasteiger partial charge in [-0.05, 0) is 19.5 Å². The maximum atomic E-state index is 3.76. The van der Waals surface area contributed by atoms with Crippen molar-refractivity contribution in [1.29, 1.82) is 0 Å². The van der Waals surface area contributed by atoms with Crippen molar-refractivity contribution >= 4 is 0 Å². The van der Waals surface area contributed by atoms with E-state index < -0.39 is 0 Å². The van der Waals surface area contributed by atoms with Gasteiger partial charge in [0.15, 0.2) is 0 Å². The average Bonchev–Trinajstić information content (AvgIpc) is 2.16. The minimum Gasteiger partial charge on any atom is -0.300 e. The first kappa shape index (κ1) is 12.7. The lowest BCUT2D eigenvalue weighted by Gasteiger charge is -2.17. The van der Waals surface area contributed by atoms with Crippen molar-refractivity contribution in [3.05, 3.63) is 12.7 Å². The first-order chi connectivity index (χ1) is 6.35. The van der Waals surface area contributed by atoms with Crippen molar-refractivity contribution in [2.75, 3.05) is 19.6 Å². The van der Waals surface area contributed by atoms with E-state index in [2.05, 4.69) is 25.3 Å². The molecule has 1 heteroatoms. The zero-order valence-electron chi connectivity index (χ0n) is 9.39. The van der Waals surface area contributed by atoms with Gasteiger partial charge in [0.05, 0.1) is 0 Å². The number of likely N-dealkylation sites (N-methyl/N-ethyl adjacent to an activating group) is 1. The normalized spacial score (nSPS) is 10.7. The fraction of sp³-hybridized carbons (Fsp3) is 0.833. The topological polar surface area (TPSA) is 3.24 Å². The van der Waals surface area contributed by atoms with E-state index in [-0.39, 0.29) is 0 Å². The molecule has 0 aromatic heterocycles. The molecule has 0 rings (SSSR count). The maximum absolute atomic E-state index is 3.76. The largest absolute Gasteiger partial charge is 0.300 e. The highest BCUT2D eigenvalue weighted by atomic mass is 15.1.